The summed E-state index contributed by atoms with van der Waals surface area (Å²) in [6, 6.07) is 0. The number of hydrogen-bond acceptors (Lipinski definition) is 8. The van der Waals surface area contributed by atoms with Crippen LogP contribution in [0.25, 0.3) is 0 Å². The lowest BCUT2D eigenvalue weighted by atomic mass is 10.1. The summed E-state index contributed by atoms with van der Waals surface area (Å²) in [7, 11) is 1.12. The monoisotopic (exact) mass is 978 g/mol. The summed E-state index contributed by atoms with van der Waals surface area (Å²) in [4.78, 5) is 37.6. The predicted octanol–water partition coefficient (Wildman–Crippen LogP) is 15.6. The van der Waals surface area contributed by atoms with Crippen molar-refractivity contribution in [2.24, 2.45) is 0 Å². The molecule has 0 aliphatic rings. The van der Waals surface area contributed by atoms with Crippen LogP contribution in [-0.2, 0) is 32.7 Å². The topological polar surface area (TPSA) is 111 Å². The summed E-state index contributed by atoms with van der Waals surface area (Å²) in [6.07, 6.45) is 70.8. The molecule has 0 aromatic carbocycles. The van der Waals surface area contributed by atoms with Gasteiger partial charge < -0.3 is 27.9 Å². The molecule has 0 aromatic rings. The molecule has 0 saturated heterocycles. The van der Waals surface area contributed by atoms with Gasteiger partial charge in [0.2, 0.25) is 0 Å². The number of esters is 2. The number of ether oxygens (including phenoxy) is 2. The second-order valence-electron chi connectivity index (χ2n) is 18.1. The maximum absolute atomic E-state index is 12.7. The molecule has 0 fully saturated rings. The summed E-state index contributed by atoms with van der Waals surface area (Å²) in [5.74, 6) is -0.890. The van der Waals surface area contributed by atoms with Gasteiger partial charge in [0.1, 0.15) is 19.8 Å². The average Bonchev–Trinajstić information content (AvgIpc) is 3.31. The quantitative estimate of drug-likeness (QED) is 0.0195. The molecule has 390 valence electrons. The Hall–Kier alpha value is -3.85. The first-order chi connectivity index (χ1) is 33.5. The maximum atomic E-state index is 12.7. The van der Waals surface area contributed by atoms with Crippen LogP contribution in [0.4, 0.5) is 0 Å². The van der Waals surface area contributed by atoms with E-state index < -0.39 is 32.5 Å². The van der Waals surface area contributed by atoms with Crippen LogP contribution in [-0.4, -0.2) is 70.0 Å². The lowest BCUT2D eigenvalue weighted by Gasteiger charge is -2.28. The molecular formula is C59H96NO8P. The van der Waals surface area contributed by atoms with Crippen molar-refractivity contribution in [1.82, 2.24) is 0 Å². The number of hydrogen-bond donors (Lipinski definition) is 0. The van der Waals surface area contributed by atoms with Crippen LogP contribution in [0.15, 0.2) is 134 Å². The van der Waals surface area contributed by atoms with E-state index in [0.717, 1.165) is 128 Å². The minimum atomic E-state index is -4.65. The Morgan fingerprint density at radius 2 is 0.826 bits per heavy atom. The predicted molar refractivity (Wildman–Crippen MR) is 291 cm³/mol. The summed E-state index contributed by atoms with van der Waals surface area (Å²) in [6.45, 7) is 3.98. The SMILES string of the molecule is CC/C=C\C/C=C\C/C=C\C/C=C\C/C=C\C/C=C\C/C=C\C/C=C\C/C=C\C/C=C\CCCCCCC(=O)OC(COC(=O)CCCCCCC/C=C\CCC)COP(=O)([O-])OCC[N+](C)(C)C. The molecule has 69 heavy (non-hydrogen) atoms. The lowest BCUT2D eigenvalue weighted by Crippen LogP contribution is -2.37. The Balaban J connectivity index is 4.22. The van der Waals surface area contributed by atoms with Crippen molar-refractivity contribution in [3.8, 4) is 0 Å². The van der Waals surface area contributed by atoms with Gasteiger partial charge in [-0.3, -0.25) is 14.2 Å². The van der Waals surface area contributed by atoms with Gasteiger partial charge in [-0.15, -0.1) is 0 Å². The Bertz CT molecular complexity index is 1620. The normalized spacial score (nSPS) is 14.5. The van der Waals surface area contributed by atoms with Crippen LogP contribution in [0, 0.1) is 0 Å². The van der Waals surface area contributed by atoms with Crippen LogP contribution < -0.4 is 4.89 Å². The molecule has 0 spiro atoms. The number of rotatable bonds is 46. The van der Waals surface area contributed by atoms with Gasteiger partial charge in [0.25, 0.3) is 7.82 Å². The van der Waals surface area contributed by atoms with E-state index in [4.69, 9.17) is 18.5 Å². The van der Waals surface area contributed by atoms with Gasteiger partial charge >= 0.3 is 11.9 Å². The fraction of sp³-hybridized carbons (Fsp3) is 0.593. The van der Waals surface area contributed by atoms with E-state index in [1.54, 1.807) is 0 Å². The molecule has 0 heterocycles. The van der Waals surface area contributed by atoms with E-state index in [1.165, 1.54) is 6.42 Å². The Morgan fingerprint density at radius 1 is 0.464 bits per heavy atom. The van der Waals surface area contributed by atoms with E-state index in [1.807, 2.05) is 21.1 Å². The Labute approximate surface area is 421 Å². The average molecular weight is 978 g/mol. The van der Waals surface area contributed by atoms with Crippen molar-refractivity contribution < 1.29 is 42.1 Å². The molecule has 0 bridgehead atoms. The van der Waals surface area contributed by atoms with Crippen LogP contribution in [0.5, 0.6) is 0 Å². The number of allylic oxidation sites excluding steroid dienone is 22. The van der Waals surface area contributed by atoms with Gasteiger partial charge in [-0.1, -0.05) is 186 Å². The molecule has 0 amide bonds. The largest absolute Gasteiger partial charge is 0.756 e. The van der Waals surface area contributed by atoms with Crippen LogP contribution >= 0.6 is 7.82 Å². The number of carbonyl (C=O) groups excluding carboxylic acids is 2. The molecule has 9 nitrogen and oxygen atoms in total. The highest BCUT2D eigenvalue weighted by Crippen LogP contribution is 2.38. The summed E-state index contributed by atoms with van der Waals surface area (Å²) in [5, 5.41) is 0. The van der Waals surface area contributed by atoms with Gasteiger partial charge in [-0.25, -0.2) is 0 Å². The van der Waals surface area contributed by atoms with Gasteiger partial charge in [0.15, 0.2) is 6.10 Å². The molecule has 10 heteroatoms. The first kappa shape index (κ1) is 65.1. The first-order valence-electron chi connectivity index (χ1n) is 26.4. The van der Waals surface area contributed by atoms with E-state index in [9.17, 15) is 19.0 Å². The number of carbonyl (C=O) groups is 2. The van der Waals surface area contributed by atoms with Crippen LogP contribution in [0.2, 0.25) is 0 Å². The second-order valence-corrected chi connectivity index (χ2v) is 19.6. The molecule has 0 N–H and O–H groups in total. The van der Waals surface area contributed by atoms with Crippen molar-refractivity contribution in [2.75, 3.05) is 47.5 Å². The van der Waals surface area contributed by atoms with Crippen molar-refractivity contribution in [2.45, 2.75) is 180 Å². The molecular weight excluding hydrogens is 882 g/mol. The number of quaternary nitrogens is 1. The zero-order chi connectivity index (χ0) is 50.6. The fourth-order valence-electron chi connectivity index (χ4n) is 6.33. The van der Waals surface area contributed by atoms with Gasteiger partial charge in [-0.05, 0) is 109 Å². The van der Waals surface area contributed by atoms with Crippen molar-refractivity contribution >= 4 is 19.8 Å². The number of nitrogens with zero attached hydrogens (tertiary/aromatic N) is 1. The fourth-order valence-corrected chi connectivity index (χ4v) is 7.06. The third-order valence-electron chi connectivity index (χ3n) is 10.4. The van der Waals surface area contributed by atoms with E-state index in [-0.39, 0.29) is 26.1 Å². The first-order valence-corrected chi connectivity index (χ1v) is 27.9. The van der Waals surface area contributed by atoms with Gasteiger partial charge in [0.05, 0.1) is 27.7 Å². The van der Waals surface area contributed by atoms with Crippen LogP contribution in [0.1, 0.15) is 174 Å². The third kappa shape index (κ3) is 53.4. The molecule has 2 atom stereocenters. The summed E-state index contributed by atoms with van der Waals surface area (Å²) >= 11 is 0. The molecule has 0 aliphatic carbocycles. The minimum Gasteiger partial charge on any atom is -0.756 e. The molecule has 0 radical (unpaired) electrons. The van der Waals surface area contributed by atoms with E-state index in [0.29, 0.717) is 23.9 Å². The van der Waals surface area contributed by atoms with Crippen molar-refractivity contribution in [3.05, 3.63) is 134 Å². The number of phosphoric acid groups is 1. The highest BCUT2D eigenvalue weighted by atomic mass is 31.2. The molecule has 0 aromatic heterocycles. The number of likely N-dealkylation sites (N-methyl/N-ethyl adjacent to an activating group) is 1. The van der Waals surface area contributed by atoms with Gasteiger partial charge in [0, 0.05) is 12.8 Å². The highest BCUT2D eigenvalue weighted by Gasteiger charge is 2.21. The maximum Gasteiger partial charge on any atom is 0.306 e. The van der Waals surface area contributed by atoms with Crippen molar-refractivity contribution in [3.63, 3.8) is 0 Å². The van der Waals surface area contributed by atoms with E-state index >= 15 is 0 Å². The zero-order valence-electron chi connectivity index (χ0n) is 43.9. The minimum absolute atomic E-state index is 0.0449. The molecule has 0 saturated carbocycles. The molecule has 2 unspecified atom stereocenters. The lowest BCUT2D eigenvalue weighted by molar-refractivity contribution is -0.870. The summed E-state index contributed by atoms with van der Waals surface area (Å²) < 4.78 is 33.9. The highest BCUT2D eigenvalue weighted by molar-refractivity contribution is 7.45. The summed E-state index contributed by atoms with van der Waals surface area (Å²) in [5.41, 5.74) is 0. The van der Waals surface area contributed by atoms with Crippen molar-refractivity contribution in [1.29, 1.82) is 0 Å². The Kier molecular flexibility index (Phi) is 46.4. The smallest absolute Gasteiger partial charge is 0.306 e. The van der Waals surface area contributed by atoms with E-state index in [2.05, 4.69) is 148 Å². The van der Waals surface area contributed by atoms with Gasteiger partial charge in [-0.2, -0.15) is 0 Å². The molecule has 0 aliphatic heterocycles. The number of unbranched alkanes of at least 4 members (excludes halogenated alkanes) is 10. The number of phosphoric ester groups is 1. The standard InChI is InChI=1S/C59H96NO8P/c1-6-8-10-12-14-16-18-19-20-21-22-23-24-25-26-27-28-29-30-31-32-33-34-35-36-37-38-39-40-41-42-44-46-48-50-52-59(62)68-57(56-67-69(63,64)66-54-53-60(3,4)5)55-65-58(61)51-49-47-45-43-17-15-13-11-9-7-2/h8,10-11,13-14,16,19-20,22-23,25-26,28-29,31-32,34-35,37-38,40-41,57H,6-7,9,12,15,17-18,21,24,27,30,33,36,39,42-56H2,1-5H3/b10-8-,13-11-,16-14-,20-19-,23-22-,26-25-,29-28-,32-31-,35-34-,38-37-,41-40-. The van der Waals surface area contributed by atoms with Crippen LogP contribution in [0.3, 0.4) is 0 Å². The Morgan fingerprint density at radius 3 is 1.25 bits per heavy atom. The zero-order valence-corrected chi connectivity index (χ0v) is 44.8. The second kappa shape index (κ2) is 49.1. The molecule has 0 rings (SSSR count). The third-order valence-corrected chi connectivity index (χ3v) is 11.3.